The highest BCUT2D eigenvalue weighted by molar-refractivity contribution is 6.12. The number of alkyl halides is 3. The molecule has 8 nitrogen and oxygen atoms in total. The van der Waals surface area contributed by atoms with Crippen LogP contribution in [0.2, 0.25) is 0 Å². The summed E-state index contributed by atoms with van der Waals surface area (Å²) in [7, 11) is 0. The minimum Gasteiger partial charge on any atom is -0.324 e. The first-order valence-corrected chi connectivity index (χ1v) is 10.5. The van der Waals surface area contributed by atoms with Gasteiger partial charge in [0, 0.05) is 0 Å². The third-order valence-corrected chi connectivity index (χ3v) is 6.67. The zero-order chi connectivity index (χ0) is 22.8. The number of urea groups is 1. The van der Waals surface area contributed by atoms with Crippen molar-refractivity contribution in [1.82, 2.24) is 10.2 Å². The van der Waals surface area contributed by atoms with Gasteiger partial charge in [0.2, 0.25) is 11.8 Å². The van der Waals surface area contributed by atoms with Crippen LogP contribution >= 0.6 is 0 Å². The number of carbonyl (C=O) groups is 4. The number of rotatable bonds is 4. The summed E-state index contributed by atoms with van der Waals surface area (Å²) < 4.78 is 41.7. The summed E-state index contributed by atoms with van der Waals surface area (Å²) in [6.45, 7) is -0.832. The molecule has 2 saturated carbocycles. The lowest BCUT2D eigenvalue weighted by molar-refractivity contribution is -0.158. The number of nitrogens with one attached hydrogen (secondary N) is 2. The first kappa shape index (κ1) is 20.8. The highest BCUT2D eigenvalue weighted by Crippen LogP contribution is 2.54. The Morgan fingerprint density at radius 2 is 1.69 bits per heavy atom. The molecule has 1 aromatic rings. The standard InChI is InChI=1S/C21H21F3N4O4/c22-21(23,24)15-9-16(29)25-13-3-1-2-4-14(13)28(15)17(30)10-27-18(31)20(11-5-6-11,12-7-8-12)26-19(27)32/h1-4,11-12,15H,5-10H2,(H,25,29)(H,26,32). The van der Waals surface area contributed by atoms with Crippen LogP contribution in [0.15, 0.2) is 24.3 Å². The van der Waals surface area contributed by atoms with E-state index in [2.05, 4.69) is 10.6 Å². The van der Waals surface area contributed by atoms with Gasteiger partial charge < -0.3 is 10.6 Å². The molecule has 1 aromatic carbocycles. The van der Waals surface area contributed by atoms with E-state index >= 15 is 0 Å². The van der Waals surface area contributed by atoms with Gasteiger partial charge in [0.25, 0.3) is 5.91 Å². The molecule has 2 heterocycles. The Morgan fingerprint density at radius 1 is 1.06 bits per heavy atom. The van der Waals surface area contributed by atoms with Crippen LogP contribution in [0.4, 0.5) is 29.3 Å². The summed E-state index contributed by atoms with van der Waals surface area (Å²) in [6, 6.07) is 2.47. The van der Waals surface area contributed by atoms with Gasteiger partial charge in [-0.05, 0) is 49.7 Å². The van der Waals surface area contributed by atoms with Crippen molar-refractivity contribution in [1.29, 1.82) is 0 Å². The summed E-state index contributed by atoms with van der Waals surface area (Å²) in [5, 5.41) is 5.14. The maximum Gasteiger partial charge on any atom is 0.409 e. The molecular formula is C21H21F3N4O4. The average molecular weight is 450 g/mol. The van der Waals surface area contributed by atoms with E-state index in [-0.39, 0.29) is 23.2 Å². The fourth-order valence-corrected chi connectivity index (χ4v) is 4.93. The van der Waals surface area contributed by atoms with Gasteiger partial charge >= 0.3 is 12.2 Å². The molecule has 2 N–H and O–H groups in total. The zero-order valence-corrected chi connectivity index (χ0v) is 16.9. The second kappa shape index (κ2) is 6.94. The van der Waals surface area contributed by atoms with Crippen LogP contribution in [0.5, 0.6) is 0 Å². The van der Waals surface area contributed by atoms with Gasteiger partial charge in [0.1, 0.15) is 18.1 Å². The number of fused-ring (bicyclic) bond motifs is 1. The summed E-state index contributed by atoms with van der Waals surface area (Å²) in [6.07, 6.45) is -2.74. The summed E-state index contributed by atoms with van der Waals surface area (Å²) >= 11 is 0. The lowest BCUT2D eigenvalue weighted by atomic mass is 9.87. The molecule has 170 valence electrons. The molecule has 32 heavy (non-hydrogen) atoms. The van der Waals surface area contributed by atoms with Crippen molar-refractivity contribution in [3.63, 3.8) is 0 Å². The van der Waals surface area contributed by atoms with Crippen LogP contribution in [0.1, 0.15) is 32.1 Å². The van der Waals surface area contributed by atoms with Crippen molar-refractivity contribution in [3.05, 3.63) is 24.3 Å². The van der Waals surface area contributed by atoms with E-state index in [4.69, 9.17) is 0 Å². The number of hydrogen-bond donors (Lipinski definition) is 2. The Bertz CT molecular complexity index is 1010. The molecule has 1 unspecified atom stereocenters. The second-order valence-corrected chi connectivity index (χ2v) is 8.83. The molecule has 4 aliphatic rings. The number of amides is 5. The van der Waals surface area contributed by atoms with Gasteiger partial charge in [0.05, 0.1) is 17.8 Å². The van der Waals surface area contributed by atoms with E-state index in [1.54, 1.807) is 0 Å². The zero-order valence-electron chi connectivity index (χ0n) is 16.9. The molecular weight excluding hydrogens is 429 g/mol. The fraction of sp³-hybridized carbons (Fsp3) is 0.524. The molecule has 3 fully saturated rings. The topological polar surface area (TPSA) is 98.8 Å². The molecule has 2 aliphatic carbocycles. The first-order chi connectivity index (χ1) is 15.1. The number of anilines is 2. The largest absolute Gasteiger partial charge is 0.409 e. The fourth-order valence-electron chi connectivity index (χ4n) is 4.93. The smallest absolute Gasteiger partial charge is 0.324 e. The van der Waals surface area contributed by atoms with Crippen LogP contribution in [0.3, 0.4) is 0 Å². The highest BCUT2D eigenvalue weighted by atomic mass is 19.4. The maximum atomic E-state index is 13.9. The molecule has 1 atom stereocenters. The summed E-state index contributed by atoms with van der Waals surface area (Å²) in [5.41, 5.74) is -1.12. The molecule has 0 spiro atoms. The molecule has 0 radical (unpaired) electrons. The van der Waals surface area contributed by atoms with Crippen LogP contribution in [0, 0.1) is 11.8 Å². The van der Waals surface area contributed by atoms with Crippen molar-refractivity contribution < 1.29 is 32.3 Å². The SMILES string of the molecule is O=C1CC(C(F)(F)F)N(C(=O)CN2C(=O)NC(C3CC3)(C3CC3)C2=O)c2ccccc2N1. The number of imide groups is 1. The molecule has 0 bridgehead atoms. The number of benzene rings is 1. The molecule has 2 aliphatic heterocycles. The monoisotopic (exact) mass is 450 g/mol. The third-order valence-electron chi connectivity index (χ3n) is 6.67. The summed E-state index contributed by atoms with van der Waals surface area (Å²) in [4.78, 5) is 52.4. The van der Waals surface area contributed by atoms with Crippen molar-refractivity contribution in [2.75, 3.05) is 16.8 Å². The third kappa shape index (κ3) is 3.21. The Kier molecular flexibility index (Phi) is 4.51. The van der Waals surface area contributed by atoms with E-state index in [9.17, 15) is 32.3 Å². The number of carbonyl (C=O) groups excluding carboxylic acids is 4. The van der Waals surface area contributed by atoms with Crippen molar-refractivity contribution in [2.24, 2.45) is 11.8 Å². The normalized spacial score (nSPS) is 25.2. The molecule has 0 aromatic heterocycles. The lowest BCUT2D eigenvalue weighted by Crippen LogP contribution is -2.54. The van der Waals surface area contributed by atoms with Gasteiger partial charge in [-0.2, -0.15) is 13.2 Å². The molecule has 11 heteroatoms. The van der Waals surface area contributed by atoms with Crippen LogP contribution in [-0.2, 0) is 14.4 Å². The molecule has 5 amide bonds. The number of halogens is 3. The van der Waals surface area contributed by atoms with Gasteiger partial charge in [-0.25, -0.2) is 4.79 Å². The second-order valence-electron chi connectivity index (χ2n) is 8.83. The molecule has 1 saturated heterocycles. The van der Waals surface area contributed by atoms with E-state index in [1.165, 1.54) is 24.3 Å². The van der Waals surface area contributed by atoms with Gasteiger partial charge in [-0.15, -0.1) is 0 Å². The van der Waals surface area contributed by atoms with E-state index in [0.717, 1.165) is 30.6 Å². The summed E-state index contributed by atoms with van der Waals surface area (Å²) in [5.74, 6) is -2.51. The van der Waals surface area contributed by atoms with Crippen molar-refractivity contribution in [2.45, 2.75) is 49.9 Å². The van der Waals surface area contributed by atoms with Crippen LogP contribution in [-0.4, -0.2) is 53.0 Å². The predicted octanol–water partition coefficient (Wildman–Crippen LogP) is 2.40. The first-order valence-electron chi connectivity index (χ1n) is 10.5. The maximum absolute atomic E-state index is 13.9. The lowest BCUT2D eigenvalue weighted by Gasteiger charge is -2.32. The minimum atomic E-state index is -4.90. The number of hydrogen-bond acceptors (Lipinski definition) is 4. The Morgan fingerprint density at radius 3 is 2.28 bits per heavy atom. The van der Waals surface area contributed by atoms with E-state index < -0.39 is 54.5 Å². The van der Waals surface area contributed by atoms with E-state index in [0.29, 0.717) is 4.90 Å². The number of nitrogens with zero attached hydrogens (tertiary/aromatic N) is 2. The van der Waals surface area contributed by atoms with Gasteiger partial charge in [-0.3, -0.25) is 24.2 Å². The van der Waals surface area contributed by atoms with Crippen molar-refractivity contribution >= 4 is 35.1 Å². The number of para-hydroxylation sites is 2. The Labute approximate surface area is 181 Å². The molecule has 5 rings (SSSR count). The van der Waals surface area contributed by atoms with Gasteiger partial charge in [0.15, 0.2) is 0 Å². The quantitative estimate of drug-likeness (QED) is 0.689. The highest BCUT2D eigenvalue weighted by Gasteiger charge is 2.65. The van der Waals surface area contributed by atoms with Gasteiger partial charge in [-0.1, -0.05) is 12.1 Å². The van der Waals surface area contributed by atoms with Crippen LogP contribution < -0.4 is 15.5 Å². The average Bonchev–Trinajstić information content (AvgIpc) is 3.62. The van der Waals surface area contributed by atoms with Crippen LogP contribution in [0.25, 0.3) is 0 Å². The Balaban J connectivity index is 1.47. The minimum absolute atomic E-state index is 0.00444. The Hall–Kier alpha value is -3.11. The van der Waals surface area contributed by atoms with Crippen molar-refractivity contribution in [3.8, 4) is 0 Å². The van der Waals surface area contributed by atoms with E-state index in [1.807, 2.05) is 0 Å². The predicted molar refractivity (Wildman–Crippen MR) is 105 cm³/mol.